The third-order valence-corrected chi connectivity index (χ3v) is 2.32. The van der Waals surface area contributed by atoms with Gasteiger partial charge in [-0.05, 0) is 24.3 Å². The number of amidine groups is 1. The lowest BCUT2D eigenvalue weighted by Gasteiger charge is -2.10. The highest BCUT2D eigenvalue weighted by molar-refractivity contribution is 5.97. The predicted molar refractivity (Wildman–Crippen MR) is 66.4 cm³/mol. The van der Waals surface area contributed by atoms with Gasteiger partial charge in [0.2, 0.25) is 0 Å². The zero-order valence-corrected chi connectivity index (χ0v) is 10.3. The van der Waals surface area contributed by atoms with E-state index in [4.69, 9.17) is 19.9 Å². The van der Waals surface area contributed by atoms with Gasteiger partial charge in [-0.25, -0.2) is 0 Å². The van der Waals surface area contributed by atoms with Crippen molar-refractivity contribution < 1.29 is 14.2 Å². The van der Waals surface area contributed by atoms with Crippen LogP contribution in [0.25, 0.3) is 0 Å². The van der Waals surface area contributed by atoms with E-state index in [0.717, 1.165) is 11.3 Å². The first-order valence-electron chi connectivity index (χ1n) is 5.21. The molecule has 0 fully saturated rings. The molecule has 0 radical (unpaired) electrons. The van der Waals surface area contributed by atoms with Gasteiger partial charge < -0.3 is 19.9 Å². The maximum absolute atomic E-state index is 5.84. The van der Waals surface area contributed by atoms with Crippen LogP contribution in [0.1, 0.15) is 5.56 Å². The normalized spacial score (nSPS) is 11.9. The van der Waals surface area contributed by atoms with Gasteiger partial charge in [0.25, 0.3) is 0 Å². The molecule has 0 heterocycles. The fraction of sp³-hybridized carbons (Fsp3) is 0.417. The van der Waals surface area contributed by atoms with Crippen LogP contribution in [-0.2, 0) is 9.47 Å². The largest absolute Gasteiger partial charge is 0.497 e. The summed E-state index contributed by atoms with van der Waals surface area (Å²) in [5.74, 6) is 1.24. The molecule has 0 bridgehead atoms. The number of ether oxygens (including phenoxy) is 3. The Hall–Kier alpha value is -1.59. The standard InChI is InChI=1S/C12H18N2O3/c1-15-10-6-4-9(5-7-10)12(13)14-8-11(16-2)17-3/h4-7,11H,8H2,1-3H3,(H2,13,14). The summed E-state index contributed by atoms with van der Waals surface area (Å²) in [6, 6.07) is 7.38. The smallest absolute Gasteiger partial charge is 0.176 e. The van der Waals surface area contributed by atoms with Crippen LogP contribution in [-0.4, -0.2) is 40.0 Å². The Balaban J connectivity index is 2.67. The van der Waals surface area contributed by atoms with Crippen LogP contribution < -0.4 is 10.5 Å². The highest BCUT2D eigenvalue weighted by Gasteiger charge is 2.04. The molecule has 0 spiro atoms. The maximum Gasteiger partial charge on any atom is 0.176 e. The molecule has 1 aromatic carbocycles. The van der Waals surface area contributed by atoms with Gasteiger partial charge in [0, 0.05) is 19.8 Å². The minimum Gasteiger partial charge on any atom is -0.497 e. The van der Waals surface area contributed by atoms with Crippen LogP contribution in [0.15, 0.2) is 29.3 Å². The Labute approximate surface area is 101 Å². The van der Waals surface area contributed by atoms with Gasteiger partial charge in [-0.15, -0.1) is 0 Å². The molecule has 2 N–H and O–H groups in total. The summed E-state index contributed by atoms with van der Waals surface area (Å²) in [7, 11) is 4.74. The number of aliphatic imine (C=N–C) groups is 1. The Morgan fingerprint density at radius 1 is 1.18 bits per heavy atom. The fourth-order valence-electron chi connectivity index (χ4n) is 1.27. The van der Waals surface area contributed by atoms with E-state index in [1.807, 2.05) is 24.3 Å². The summed E-state index contributed by atoms with van der Waals surface area (Å²) in [5, 5.41) is 0. The number of hydrogen-bond acceptors (Lipinski definition) is 4. The van der Waals surface area contributed by atoms with Crippen molar-refractivity contribution >= 4 is 5.84 Å². The van der Waals surface area contributed by atoms with Crippen LogP contribution >= 0.6 is 0 Å². The third kappa shape index (κ3) is 4.05. The summed E-state index contributed by atoms with van der Waals surface area (Å²) in [6.07, 6.45) is -0.369. The average molecular weight is 238 g/mol. The van der Waals surface area contributed by atoms with E-state index in [1.165, 1.54) is 0 Å². The molecule has 17 heavy (non-hydrogen) atoms. The minimum absolute atomic E-state index is 0.366. The van der Waals surface area contributed by atoms with Crippen molar-refractivity contribution in [2.45, 2.75) is 6.29 Å². The van der Waals surface area contributed by atoms with Gasteiger partial charge in [0.05, 0.1) is 13.7 Å². The van der Waals surface area contributed by atoms with E-state index in [0.29, 0.717) is 12.4 Å². The van der Waals surface area contributed by atoms with E-state index in [1.54, 1.807) is 21.3 Å². The Kier molecular flexibility index (Phi) is 5.45. The van der Waals surface area contributed by atoms with E-state index in [2.05, 4.69) is 4.99 Å². The van der Waals surface area contributed by atoms with Gasteiger partial charge in [0.15, 0.2) is 6.29 Å². The van der Waals surface area contributed by atoms with Gasteiger partial charge in [-0.2, -0.15) is 0 Å². The number of methoxy groups -OCH3 is 3. The SMILES string of the molecule is COc1ccc(C(N)=NCC(OC)OC)cc1. The molecule has 1 rings (SSSR count). The number of hydrogen-bond donors (Lipinski definition) is 1. The highest BCUT2D eigenvalue weighted by Crippen LogP contribution is 2.11. The zero-order chi connectivity index (χ0) is 12.7. The number of nitrogens with zero attached hydrogens (tertiary/aromatic N) is 1. The molecule has 0 aliphatic carbocycles. The second-order valence-corrected chi connectivity index (χ2v) is 3.36. The molecular formula is C12H18N2O3. The lowest BCUT2D eigenvalue weighted by Crippen LogP contribution is -2.21. The number of rotatable bonds is 6. The summed E-state index contributed by atoms with van der Waals surface area (Å²) in [5.41, 5.74) is 6.69. The van der Waals surface area contributed by atoms with Crippen molar-refractivity contribution in [2.24, 2.45) is 10.7 Å². The molecule has 0 aliphatic rings. The quantitative estimate of drug-likeness (QED) is 0.456. The van der Waals surface area contributed by atoms with Crippen molar-refractivity contribution in [3.63, 3.8) is 0 Å². The monoisotopic (exact) mass is 238 g/mol. The van der Waals surface area contributed by atoms with E-state index < -0.39 is 0 Å². The predicted octanol–water partition coefficient (Wildman–Crippen LogP) is 1.02. The Morgan fingerprint density at radius 3 is 2.24 bits per heavy atom. The second-order valence-electron chi connectivity index (χ2n) is 3.36. The van der Waals surface area contributed by atoms with Crippen molar-refractivity contribution in [1.82, 2.24) is 0 Å². The summed E-state index contributed by atoms with van der Waals surface area (Å²) < 4.78 is 15.1. The van der Waals surface area contributed by atoms with Crippen molar-refractivity contribution in [2.75, 3.05) is 27.9 Å². The highest BCUT2D eigenvalue weighted by atomic mass is 16.7. The van der Waals surface area contributed by atoms with Crippen molar-refractivity contribution in [3.8, 4) is 5.75 Å². The molecule has 0 unspecified atom stereocenters. The Bertz CT molecular complexity index is 359. The van der Waals surface area contributed by atoms with E-state index in [-0.39, 0.29) is 6.29 Å². The van der Waals surface area contributed by atoms with Crippen LogP contribution in [0.5, 0.6) is 5.75 Å². The zero-order valence-electron chi connectivity index (χ0n) is 10.3. The molecule has 0 saturated heterocycles. The van der Waals surface area contributed by atoms with Crippen molar-refractivity contribution in [3.05, 3.63) is 29.8 Å². The molecular weight excluding hydrogens is 220 g/mol. The first-order chi connectivity index (χ1) is 8.21. The lowest BCUT2D eigenvalue weighted by atomic mass is 10.2. The topological polar surface area (TPSA) is 66.1 Å². The molecule has 1 aromatic rings. The molecule has 0 aromatic heterocycles. The molecule has 5 nitrogen and oxygen atoms in total. The number of benzene rings is 1. The summed E-state index contributed by atoms with van der Waals surface area (Å²) in [4.78, 5) is 4.20. The maximum atomic E-state index is 5.84. The first kappa shape index (κ1) is 13.5. The second kappa shape index (κ2) is 6.88. The molecule has 94 valence electrons. The van der Waals surface area contributed by atoms with Gasteiger partial charge in [0.1, 0.15) is 11.6 Å². The third-order valence-electron chi connectivity index (χ3n) is 2.32. The van der Waals surface area contributed by atoms with Crippen LogP contribution in [0.3, 0.4) is 0 Å². The fourth-order valence-corrected chi connectivity index (χ4v) is 1.27. The minimum atomic E-state index is -0.369. The number of nitrogens with two attached hydrogens (primary N) is 1. The molecule has 0 aliphatic heterocycles. The molecule has 0 saturated carbocycles. The van der Waals surface area contributed by atoms with Gasteiger partial charge in [-0.3, -0.25) is 4.99 Å². The van der Waals surface area contributed by atoms with Gasteiger partial charge in [-0.1, -0.05) is 0 Å². The average Bonchev–Trinajstić information content (AvgIpc) is 2.39. The van der Waals surface area contributed by atoms with Gasteiger partial charge >= 0.3 is 0 Å². The van der Waals surface area contributed by atoms with Crippen LogP contribution in [0.2, 0.25) is 0 Å². The lowest BCUT2D eigenvalue weighted by molar-refractivity contribution is -0.0936. The Morgan fingerprint density at radius 2 is 1.76 bits per heavy atom. The summed E-state index contributed by atoms with van der Waals surface area (Å²) in [6.45, 7) is 0.366. The van der Waals surface area contributed by atoms with Crippen molar-refractivity contribution in [1.29, 1.82) is 0 Å². The summed E-state index contributed by atoms with van der Waals surface area (Å²) >= 11 is 0. The molecule has 5 heteroatoms. The van der Waals surface area contributed by atoms with E-state index in [9.17, 15) is 0 Å². The first-order valence-corrected chi connectivity index (χ1v) is 5.21. The molecule has 0 amide bonds. The van der Waals surface area contributed by atoms with E-state index >= 15 is 0 Å². The van der Waals surface area contributed by atoms with Crippen LogP contribution in [0, 0.1) is 0 Å². The molecule has 0 atom stereocenters. The van der Waals surface area contributed by atoms with Crippen LogP contribution in [0.4, 0.5) is 0 Å².